The second kappa shape index (κ2) is 7.04. The highest BCUT2D eigenvalue weighted by molar-refractivity contribution is 7.99. The second-order valence-corrected chi connectivity index (χ2v) is 7.69. The third-order valence-corrected chi connectivity index (χ3v) is 5.99. The molecule has 2 fully saturated rings. The first-order valence-electron chi connectivity index (χ1n) is 7.60. The van der Waals surface area contributed by atoms with Gasteiger partial charge in [-0.05, 0) is 49.8 Å². The van der Waals surface area contributed by atoms with Gasteiger partial charge in [-0.2, -0.15) is 11.8 Å². The molecule has 1 saturated carbocycles. The first-order valence-corrected chi connectivity index (χ1v) is 8.65. The quantitative estimate of drug-likeness (QED) is 0.812. The van der Waals surface area contributed by atoms with E-state index in [1.165, 1.54) is 57.2 Å². The molecule has 0 aromatic rings. The largest absolute Gasteiger partial charge is 0.313 e. The van der Waals surface area contributed by atoms with Crippen molar-refractivity contribution in [3.8, 4) is 0 Å². The fraction of sp³-hybridized carbons (Fsp3) is 1.00. The van der Waals surface area contributed by atoms with Gasteiger partial charge in [-0.1, -0.05) is 33.1 Å². The summed E-state index contributed by atoms with van der Waals surface area (Å²) in [6.45, 7) is 6.08. The van der Waals surface area contributed by atoms with Gasteiger partial charge >= 0.3 is 0 Å². The highest BCUT2D eigenvalue weighted by Gasteiger charge is 2.22. The van der Waals surface area contributed by atoms with Crippen LogP contribution in [0.15, 0.2) is 0 Å². The van der Waals surface area contributed by atoms with Crippen LogP contribution in [0.4, 0.5) is 0 Å². The molecule has 0 aromatic heterocycles. The van der Waals surface area contributed by atoms with Crippen molar-refractivity contribution in [2.45, 2.75) is 70.1 Å². The molecule has 4 atom stereocenters. The first-order chi connectivity index (χ1) is 8.25. The summed E-state index contributed by atoms with van der Waals surface area (Å²) >= 11 is 2.15. The van der Waals surface area contributed by atoms with Crippen molar-refractivity contribution in [1.82, 2.24) is 5.32 Å². The monoisotopic (exact) mass is 255 g/mol. The van der Waals surface area contributed by atoms with E-state index in [0.29, 0.717) is 0 Å². The molecule has 17 heavy (non-hydrogen) atoms. The molecule has 0 amide bonds. The molecule has 1 N–H and O–H groups in total. The van der Waals surface area contributed by atoms with Gasteiger partial charge in [0.1, 0.15) is 0 Å². The molecule has 0 spiro atoms. The Kier molecular flexibility index (Phi) is 5.68. The normalized spacial score (nSPS) is 39.2. The van der Waals surface area contributed by atoms with E-state index in [9.17, 15) is 0 Å². The Morgan fingerprint density at radius 3 is 2.76 bits per heavy atom. The predicted molar refractivity (Wildman–Crippen MR) is 78.7 cm³/mol. The second-order valence-electron chi connectivity index (χ2n) is 6.21. The van der Waals surface area contributed by atoms with Gasteiger partial charge in [-0.25, -0.2) is 0 Å². The third kappa shape index (κ3) is 4.48. The predicted octanol–water partition coefficient (Wildman–Crippen LogP) is 4.08. The van der Waals surface area contributed by atoms with Crippen LogP contribution in [-0.2, 0) is 0 Å². The van der Waals surface area contributed by atoms with Gasteiger partial charge in [0.25, 0.3) is 0 Å². The summed E-state index contributed by atoms with van der Waals surface area (Å²) in [5.41, 5.74) is 0. The van der Waals surface area contributed by atoms with Crippen LogP contribution in [0.3, 0.4) is 0 Å². The van der Waals surface area contributed by atoms with Crippen LogP contribution in [-0.4, -0.2) is 23.6 Å². The number of hydrogen-bond donors (Lipinski definition) is 1. The SMILES string of the molecule is CC1CCCC(CCNC2CCCSC2C)C1. The summed E-state index contributed by atoms with van der Waals surface area (Å²) in [7, 11) is 0. The summed E-state index contributed by atoms with van der Waals surface area (Å²) in [6.07, 6.45) is 10.1. The highest BCUT2D eigenvalue weighted by Crippen LogP contribution is 2.30. The summed E-state index contributed by atoms with van der Waals surface area (Å²) in [5.74, 6) is 3.37. The van der Waals surface area contributed by atoms with Crippen LogP contribution in [0.2, 0.25) is 0 Å². The highest BCUT2D eigenvalue weighted by atomic mass is 32.2. The van der Waals surface area contributed by atoms with E-state index in [0.717, 1.165) is 23.1 Å². The van der Waals surface area contributed by atoms with E-state index >= 15 is 0 Å². The molecule has 0 bridgehead atoms. The molecule has 2 heteroatoms. The standard InChI is InChI=1S/C15H29NS/c1-12-5-3-6-14(11-12)8-9-16-15-7-4-10-17-13(15)2/h12-16H,3-11H2,1-2H3. The van der Waals surface area contributed by atoms with Gasteiger partial charge in [-0.3, -0.25) is 0 Å². The van der Waals surface area contributed by atoms with Crippen molar-refractivity contribution in [2.24, 2.45) is 11.8 Å². The van der Waals surface area contributed by atoms with Gasteiger partial charge < -0.3 is 5.32 Å². The summed E-state index contributed by atoms with van der Waals surface area (Å²) in [6, 6.07) is 0.787. The Morgan fingerprint density at radius 1 is 1.12 bits per heavy atom. The lowest BCUT2D eigenvalue weighted by molar-refractivity contribution is 0.263. The molecular weight excluding hydrogens is 226 g/mol. The Labute approximate surface area is 112 Å². The number of thioether (sulfide) groups is 1. The van der Waals surface area contributed by atoms with E-state index in [1.807, 2.05) is 0 Å². The topological polar surface area (TPSA) is 12.0 Å². The van der Waals surface area contributed by atoms with Gasteiger partial charge in [0.2, 0.25) is 0 Å². The molecule has 1 aliphatic carbocycles. The minimum atomic E-state index is 0.787. The van der Waals surface area contributed by atoms with Crippen LogP contribution in [0, 0.1) is 11.8 Å². The van der Waals surface area contributed by atoms with Crippen LogP contribution < -0.4 is 5.32 Å². The van der Waals surface area contributed by atoms with Gasteiger partial charge in [-0.15, -0.1) is 0 Å². The van der Waals surface area contributed by atoms with Gasteiger partial charge in [0.15, 0.2) is 0 Å². The first kappa shape index (κ1) is 13.7. The van der Waals surface area contributed by atoms with E-state index < -0.39 is 0 Å². The summed E-state index contributed by atoms with van der Waals surface area (Å²) < 4.78 is 0. The average Bonchev–Trinajstić information content (AvgIpc) is 2.32. The Hall–Kier alpha value is 0.310. The molecule has 2 rings (SSSR count). The number of nitrogens with one attached hydrogen (secondary N) is 1. The van der Waals surface area contributed by atoms with Crippen LogP contribution in [0.25, 0.3) is 0 Å². The van der Waals surface area contributed by atoms with Crippen molar-refractivity contribution in [3.63, 3.8) is 0 Å². The van der Waals surface area contributed by atoms with E-state index in [1.54, 1.807) is 0 Å². The minimum Gasteiger partial charge on any atom is -0.313 e. The maximum atomic E-state index is 3.81. The third-order valence-electron chi connectivity index (χ3n) is 4.61. The molecule has 0 aromatic carbocycles. The minimum absolute atomic E-state index is 0.787. The molecule has 1 nitrogen and oxygen atoms in total. The lowest BCUT2D eigenvalue weighted by Crippen LogP contribution is -2.40. The zero-order valence-electron chi connectivity index (χ0n) is 11.6. The smallest absolute Gasteiger partial charge is 0.0184 e. The molecule has 0 radical (unpaired) electrons. The molecule has 4 unspecified atom stereocenters. The zero-order chi connectivity index (χ0) is 12.1. The number of rotatable bonds is 4. The van der Waals surface area contributed by atoms with E-state index in [4.69, 9.17) is 0 Å². The summed E-state index contributed by atoms with van der Waals surface area (Å²) in [5, 5.41) is 4.64. The molecular formula is C15H29NS. The van der Waals surface area contributed by atoms with Crippen LogP contribution >= 0.6 is 11.8 Å². The molecule has 100 valence electrons. The van der Waals surface area contributed by atoms with Crippen LogP contribution in [0.5, 0.6) is 0 Å². The average molecular weight is 255 g/mol. The van der Waals surface area contributed by atoms with E-state index in [2.05, 4.69) is 30.9 Å². The Bertz CT molecular complexity index is 219. The molecule has 2 aliphatic rings. The maximum Gasteiger partial charge on any atom is 0.0184 e. The molecule has 1 aliphatic heterocycles. The van der Waals surface area contributed by atoms with Crippen molar-refractivity contribution in [3.05, 3.63) is 0 Å². The lowest BCUT2D eigenvalue weighted by Gasteiger charge is -2.31. The Morgan fingerprint density at radius 2 is 2.00 bits per heavy atom. The molecule has 1 heterocycles. The van der Waals surface area contributed by atoms with E-state index in [-0.39, 0.29) is 0 Å². The fourth-order valence-electron chi connectivity index (χ4n) is 3.49. The van der Waals surface area contributed by atoms with Crippen LogP contribution in [0.1, 0.15) is 58.8 Å². The maximum absolute atomic E-state index is 3.81. The van der Waals surface area contributed by atoms with Crippen molar-refractivity contribution >= 4 is 11.8 Å². The van der Waals surface area contributed by atoms with Gasteiger partial charge in [0.05, 0.1) is 0 Å². The molecule has 1 saturated heterocycles. The fourth-order valence-corrected chi connectivity index (χ4v) is 4.66. The van der Waals surface area contributed by atoms with Crippen molar-refractivity contribution in [2.75, 3.05) is 12.3 Å². The lowest BCUT2D eigenvalue weighted by atomic mass is 9.81. The van der Waals surface area contributed by atoms with Crippen molar-refractivity contribution in [1.29, 1.82) is 0 Å². The zero-order valence-corrected chi connectivity index (χ0v) is 12.4. The number of hydrogen-bond acceptors (Lipinski definition) is 2. The summed E-state index contributed by atoms with van der Waals surface area (Å²) in [4.78, 5) is 0. The van der Waals surface area contributed by atoms with Crippen molar-refractivity contribution < 1.29 is 0 Å². The van der Waals surface area contributed by atoms with Gasteiger partial charge in [0, 0.05) is 11.3 Å². The Balaban J connectivity index is 1.61.